The second-order valence-corrected chi connectivity index (χ2v) is 6.48. The van der Waals surface area contributed by atoms with Crippen molar-refractivity contribution in [1.29, 1.82) is 0 Å². The van der Waals surface area contributed by atoms with Crippen molar-refractivity contribution in [2.75, 3.05) is 7.11 Å². The van der Waals surface area contributed by atoms with Crippen molar-refractivity contribution in [3.63, 3.8) is 0 Å². The lowest BCUT2D eigenvalue weighted by molar-refractivity contribution is 0.391. The second kappa shape index (κ2) is 5.22. The third-order valence-electron chi connectivity index (χ3n) is 3.69. The van der Waals surface area contributed by atoms with E-state index < -0.39 is 0 Å². The lowest BCUT2D eigenvalue weighted by Crippen LogP contribution is -2.29. The number of aryl methyl sites for hydroxylation is 1. The minimum absolute atomic E-state index is 0.380. The molecule has 0 bridgehead atoms. The van der Waals surface area contributed by atoms with Gasteiger partial charge in [0.2, 0.25) is 0 Å². The van der Waals surface area contributed by atoms with Gasteiger partial charge in [0.25, 0.3) is 0 Å². The van der Waals surface area contributed by atoms with Gasteiger partial charge in [0.15, 0.2) is 0 Å². The first-order chi connectivity index (χ1) is 8.45. The summed E-state index contributed by atoms with van der Waals surface area (Å²) < 4.78 is 6.69. The minimum Gasteiger partial charge on any atom is -0.495 e. The first-order valence-electron chi connectivity index (χ1n) is 6.62. The highest BCUT2D eigenvalue weighted by molar-refractivity contribution is 9.10. The molecule has 0 saturated heterocycles. The number of ether oxygens (including phenoxy) is 1. The van der Waals surface area contributed by atoms with Crippen LogP contribution in [0.5, 0.6) is 5.75 Å². The Labute approximate surface area is 118 Å². The molecule has 0 saturated carbocycles. The fourth-order valence-corrected chi connectivity index (χ4v) is 3.52. The van der Waals surface area contributed by atoms with E-state index in [2.05, 4.69) is 22.0 Å². The molecule has 0 aromatic heterocycles. The summed E-state index contributed by atoms with van der Waals surface area (Å²) in [4.78, 5) is 0. The van der Waals surface area contributed by atoms with Crippen LogP contribution in [-0.4, -0.2) is 7.11 Å². The molecule has 0 amide bonds. The first-order valence-corrected chi connectivity index (χ1v) is 7.42. The molecule has 0 atom stereocenters. The summed E-state index contributed by atoms with van der Waals surface area (Å²) in [6.07, 6.45) is 6.14. The van der Waals surface area contributed by atoms with Crippen LogP contribution in [0.25, 0.3) is 0 Å². The third-order valence-corrected chi connectivity index (χ3v) is 4.53. The van der Waals surface area contributed by atoms with Crippen molar-refractivity contribution < 1.29 is 4.74 Å². The Balaban J connectivity index is 2.62. The molecule has 0 aliphatic heterocycles. The molecule has 0 spiro atoms. The second-order valence-electron chi connectivity index (χ2n) is 5.69. The van der Waals surface area contributed by atoms with Gasteiger partial charge in [-0.05, 0) is 72.7 Å². The Bertz CT molecular complexity index is 449. The van der Waals surface area contributed by atoms with Gasteiger partial charge in [-0.3, -0.25) is 0 Å². The smallest absolute Gasteiger partial charge is 0.138 e. The predicted octanol–water partition coefficient (Wildman–Crippen LogP) is 3.92. The summed E-state index contributed by atoms with van der Waals surface area (Å²) in [5.41, 5.74) is 9.84. The molecule has 0 heterocycles. The molecule has 0 fully saturated rings. The lowest BCUT2D eigenvalue weighted by Gasteiger charge is -2.25. The zero-order valence-corrected chi connectivity index (χ0v) is 13.1. The van der Waals surface area contributed by atoms with Crippen molar-refractivity contribution in [3.8, 4) is 5.75 Å². The van der Waals surface area contributed by atoms with Crippen LogP contribution in [0, 0.1) is 0 Å². The molecule has 0 unspecified atom stereocenters. The SMILES string of the molecule is COc1c(C(C)(C)N)cc2c(c1Br)CCCCC2. The third kappa shape index (κ3) is 2.57. The van der Waals surface area contributed by atoms with Crippen LogP contribution in [-0.2, 0) is 18.4 Å². The molecule has 1 aromatic carbocycles. The van der Waals surface area contributed by atoms with Crippen LogP contribution in [0.15, 0.2) is 10.5 Å². The van der Waals surface area contributed by atoms with Crippen molar-refractivity contribution in [2.24, 2.45) is 5.73 Å². The summed E-state index contributed by atoms with van der Waals surface area (Å²) in [6, 6.07) is 2.25. The molecule has 1 aliphatic rings. The number of benzene rings is 1. The zero-order chi connectivity index (χ0) is 13.3. The molecule has 1 aliphatic carbocycles. The van der Waals surface area contributed by atoms with E-state index in [-0.39, 0.29) is 5.54 Å². The Morgan fingerprint density at radius 3 is 2.50 bits per heavy atom. The Morgan fingerprint density at radius 2 is 1.89 bits per heavy atom. The van der Waals surface area contributed by atoms with Gasteiger partial charge in [0.1, 0.15) is 5.75 Å². The number of fused-ring (bicyclic) bond motifs is 1. The predicted molar refractivity (Wildman–Crippen MR) is 79.2 cm³/mol. The summed E-state index contributed by atoms with van der Waals surface area (Å²) in [6.45, 7) is 4.06. The molecule has 1 aromatic rings. The quantitative estimate of drug-likeness (QED) is 0.840. The highest BCUT2D eigenvalue weighted by atomic mass is 79.9. The Kier molecular flexibility index (Phi) is 4.02. The maximum absolute atomic E-state index is 6.27. The molecule has 0 radical (unpaired) electrons. The molecule has 3 heteroatoms. The fourth-order valence-electron chi connectivity index (χ4n) is 2.69. The monoisotopic (exact) mass is 311 g/mol. The maximum Gasteiger partial charge on any atom is 0.138 e. The molecule has 18 heavy (non-hydrogen) atoms. The van der Waals surface area contributed by atoms with Gasteiger partial charge in [-0.25, -0.2) is 0 Å². The number of halogens is 1. The van der Waals surface area contributed by atoms with Gasteiger partial charge in [-0.2, -0.15) is 0 Å². The van der Waals surface area contributed by atoms with Crippen LogP contribution in [0.3, 0.4) is 0 Å². The van der Waals surface area contributed by atoms with Crippen LogP contribution < -0.4 is 10.5 Å². The largest absolute Gasteiger partial charge is 0.495 e. The van der Waals surface area contributed by atoms with Crippen molar-refractivity contribution >= 4 is 15.9 Å². The standard InChI is InChI=1S/C15H22BrNO/c1-15(2,17)12-9-10-7-5-4-6-8-11(10)13(16)14(12)18-3/h9H,4-8,17H2,1-3H3. The van der Waals surface area contributed by atoms with Gasteiger partial charge >= 0.3 is 0 Å². The molecular formula is C15H22BrNO. The van der Waals surface area contributed by atoms with Gasteiger partial charge in [-0.15, -0.1) is 0 Å². The van der Waals surface area contributed by atoms with Gasteiger partial charge < -0.3 is 10.5 Å². The summed E-state index contributed by atoms with van der Waals surface area (Å²) in [5.74, 6) is 0.906. The van der Waals surface area contributed by atoms with Gasteiger partial charge in [0.05, 0.1) is 11.6 Å². The van der Waals surface area contributed by atoms with Crippen molar-refractivity contribution in [3.05, 3.63) is 27.2 Å². The normalized spacial score (nSPS) is 16.1. The number of methoxy groups -OCH3 is 1. The van der Waals surface area contributed by atoms with Crippen LogP contribution in [0.1, 0.15) is 49.8 Å². The number of hydrogen-bond acceptors (Lipinski definition) is 2. The minimum atomic E-state index is -0.380. The summed E-state index contributed by atoms with van der Waals surface area (Å²) >= 11 is 3.72. The highest BCUT2D eigenvalue weighted by Crippen LogP contribution is 2.41. The lowest BCUT2D eigenvalue weighted by atomic mass is 9.89. The van der Waals surface area contributed by atoms with E-state index in [1.165, 1.54) is 30.4 Å². The number of hydrogen-bond donors (Lipinski definition) is 1. The average Bonchev–Trinajstić information content (AvgIpc) is 2.53. The molecule has 100 valence electrons. The zero-order valence-electron chi connectivity index (χ0n) is 11.5. The van der Waals surface area contributed by atoms with Crippen molar-refractivity contribution in [2.45, 2.75) is 51.5 Å². The van der Waals surface area contributed by atoms with Crippen LogP contribution in [0.2, 0.25) is 0 Å². The van der Waals surface area contributed by atoms with E-state index in [0.29, 0.717) is 0 Å². The average molecular weight is 312 g/mol. The van der Waals surface area contributed by atoms with Crippen LogP contribution >= 0.6 is 15.9 Å². The van der Waals surface area contributed by atoms with E-state index in [1.807, 2.05) is 13.8 Å². The van der Waals surface area contributed by atoms with E-state index in [4.69, 9.17) is 10.5 Å². The van der Waals surface area contributed by atoms with E-state index in [9.17, 15) is 0 Å². The fraction of sp³-hybridized carbons (Fsp3) is 0.600. The Hall–Kier alpha value is -0.540. The van der Waals surface area contributed by atoms with E-state index >= 15 is 0 Å². The summed E-state index contributed by atoms with van der Waals surface area (Å²) in [7, 11) is 1.72. The summed E-state index contributed by atoms with van der Waals surface area (Å²) in [5, 5.41) is 0. The molecule has 2 rings (SSSR count). The number of rotatable bonds is 2. The first kappa shape index (κ1) is 13.9. The van der Waals surface area contributed by atoms with E-state index in [1.54, 1.807) is 7.11 Å². The maximum atomic E-state index is 6.27. The molecular weight excluding hydrogens is 290 g/mol. The van der Waals surface area contributed by atoms with Crippen molar-refractivity contribution in [1.82, 2.24) is 0 Å². The molecule has 2 N–H and O–H groups in total. The topological polar surface area (TPSA) is 35.2 Å². The highest BCUT2D eigenvalue weighted by Gasteiger charge is 2.25. The Morgan fingerprint density at radius 1 is 1.22 bits per heavy atom. The number of nitrogens with two attached hydrogens (primary N) is 1. The van der Waals surface area contributed by atoms with Gasteiger partial charge in [-0.1, -0.05) is 6.42 Å². The van der Waals surface area contributed by atoms with Gasteiger partial charge in [0, 0.05) is 11.1 Å². The van der Waals surface area contributed by atoms with Crippen LogP contribution in [0.4, 0.5) is 0 Å². The van der Waals surface area contributed by atoms with E-state index in [0.717, 1.165) is 28.6 Å². The molecule has 2 nitrogen and oxygen atoms in total.